The van der Waals surface area contributed by atoms with Gasteiger partial charge in [-0.1, -0.05) is 38.4 Å². The van der Waals surface area contributed by atoms with E-state index in [1.165, 1.54) is 25.1 Å². The lowest BCUT2D eigenvalue weighted by Gasteiger charge is -2.28. The number of benzene rings is 1. The van der Waals surface area contributed by atoms with Crippen molar-refractivity contribution in [3.05, 3.63) is 34.6 Å². The fourth-order valence-corrected chi connectivity index (χ4v) is 3.69. The summed E-state index contributed by atoms with van der Waals surface area (Å²) in [5.41, 5.74) is 0.683. The topological polar surface area (TPSA) is 39.7 Å². The molecule has 0 spiro atoms. The SMILES string of the molecule is CCN1CCC(CNC(=NC)NCC(C)(C)c2ccc(F)cc2Cl)C1. The van der Waals surface area contributed by atoms with Gasteiger partial charge in [-0.15, -0.1) is 0 Å². The van der Waals surface area contributed by atoms with Gasteiger partial charge in [-0.25, -0.2) is 4.39 Å². The van der Waals surface area contributed by atoms with Crippen molar-refractivity contribution in [3.63, 3.8) is 0 Å². The van der Waals surface area contributed by atoms with Crippen LogP contribution in [0, 0.1) is 11.7 Å². The number of rotatable bonds is 6. The Morgan fingerprint density at radius 3 is 2.76 bits per heavy atom. The third-order valence-electron chi connectivity index (χ3n) is 4.96. The average molecular weight is 369 g/mol. The Labute approximate surface area is 155 Å². The fraction of sp³-hybridized carbons (Fsp3) is 0.632. The van der Waals surface area contributed by atoms with Crippen molar-refractivity contribution in [2.45, 2.75) is 32.6 Å². The van der Waals surface area contributed by atoms with Crippen LogP contribution in [-0.2, 0) is 5.41 Å². The smallest absolute Gasteiger partial charge is 0.191 e. The molecule has 2 N–H and O–H groups in total. The van der Waals surface area contributed by atoms with E-state index >= 15 is 0 Å². The van der Waals surface area contributed by atoms with E-state index in [2.05, 4.69) is 41.3 Å². The van der Waals surface area contributed by atoms with Crippen LogP contribution in [0.25, 0.3) is 0 Å². The minimum absolute atomic E-state index is 0.241. The maximum atomic E-state index is 13.3. The molecular weight excluding hydrogens is 339 g/mol. The van der Waals surface area contributed by atoms with Gasteiger partial charge in [0.2, 0.25) is 0 Å². The molecule has 1 aromatic rings. The van der Waals surface area contributed by atoms with Crippen LogP contribution in [0.4, 0.5) is 4.39 Å². The Hall–Kier alpha value is -1.33. The lowest BCUT2D eigenvalue weighted by molar-refractivity contribution is 0.341. The molecule has 0 amide bonds. The summed E-state index contributed by atoms with van der Waals surface area (Å²) in [4.78, 5) is 6.78. The molecule has 2 rings (SSSR count). The minimum Gasteiger partial charge on any atom is -0.356 e. The minimum atomic E-state index is -0.312. The largest absolute Gasteiger partial charge is 0.356 e. The lowest BCUT2D eigenvalue weighted by Crippen LogP contribution is -2.45. The van der Waals surface area contributed by atoms with Crippen LogP contribution in [-0.4, -0.2) is 50.6 Å². The molecule has 0 bridgehead atoms. The summed E-state index contributed by atoms with van der Waals surface area (Å²) < 4.78 is 13.3. The lowest BCUT2D eigenvalue weighted by atomic mass is 9.84. The van der Waals surface area contributed by atoms with Crippen molar-refractivity contribution in [3.8, 4) is 0 Å². The summed E-state index contributed by atoms with van der Waals surface area (Å²) in [6.07, 6.45) is 1.23. The first-order valence-corrected chi connectivity index (χ1v) is 9.36. The van der Waals surface area contributed by atoms with Crippen LogP contribution < -0.4 is 10.6 Å². The van der Waals surface area contributed by atoms with Crippen LogP contribution in [0.15, 0.2) is 23.2 Å². The standard InChI is InChI=1S/C19H30ClFN4/c1-5-25-9-8-14(12-25)11-23-18(22-4)24-13-19(2,3)16-7-6-15(21)10-17(16)20/h6-7,10,14H,5,8-9,11-13H2,1-4H3,(H2,22,23,24). The number of guanidine groups is 1. The van der Waals surface area contributed by atoms with Gasteiger partial charge in [0.25, 0.3) is 0 Å². The van der Waals surface area contributed by atoms with Crippen LogP contribution in [0.2, 0.25) is 5.02 Å². The van der Waals surface area contributed by atoms with Crippen molar-refractivity contribution in [2.75, 3.05) is 39.8 Å². The van der Waals surface area contributed by atoms with E-state index in [9.17, 15) is 4.39 Å². The highest BCUT2D eigenvalue weighted by atomic mass is 35.5. The third-order valence-corrected chi connectivity index (χ3v) is 5.27. The molecule has 4 nitrogen and oxygen atoms in total. The van der Waals surface area contributed by atoms with Crippen LogP contribution in [0.3, 0.4) is 0 Å². The number of halogens is 2. The Morgan fingerprint density at radius 1 is 1.40 bits per heavy atom. The van der Waals surface area contributed by atoms with Crippen molar-refractivity contribution < 1.29 is 4.39 Å². The van der Waals surface area contributed by atoms with Gasteiger partial charge < -0.3 is 15.5 Å². The van der Waals surface area contributed by atoms with Gasteiger partial charge in [-0.05, 0) is 43.1 Å². The fourth-order valence-electron chi connectivity index (χ4n) is 3.27. The summed E-state index contributed by atoms with van der Waals surface area (Å²) in [6.45, 7) is 11.4. The molecule has 6 heteroatoms. The van der Waals surface area contributed by atoms with Crippen molar-refractivity contribution in [1.29, 1.82) is 0 Å². The van der Waals surface area contributed by atoms with Gasteiger partial charge in [0.15, 0.2) is 5.96 Å². The van der Waals surface area contributed by atoms with Crippen LogP contribution >= 0.6 is 11.6 Å². The van der Waals surface area contributed by atoms with E-state index in [0.29, 0.717) is 17.5 Å². The Morgan fingerprint density at radius 2 is 2.16 bits per heavy atom. The third kappa shape index (κ3) is 5.58. The first-order valence-electron chi connectivity index (χ1n) is 8.98. The summed E-state index contributed by atoms with van der Waals surface area (Å²) >= 11 is 6.22. The van der Waals surface area contributed by atoms with Crippen LogP contribution in [0.5, 0.6) is 0 Å². The average Bonchev–Trinajstić information content (AvgIpc) is 3.02. The number of likely N-dealkylation sites (tertiary alicyclic amines) is 1. The molecule has 0 radical (unpaired) electrons. The van der Waals surface area contributed by atoms with Gasteiger partial charge >= 0.3 is 0 Å². The molecule has 25 heavy (non-hydrogen) atoms. The Balaban J connectivity index is 1.87. The zero-order valence-electron chi connectivity index (χ0n) is 15.7. The van der Waals surface area contributed by atoms with E-state index in [1.807, 2.05) is 0 Å². The first kappa shape index (κ1) is 20.0. The van der Waals surface area contributed by atoms with E-state index in [4.69, 9.17) is 11.6 Å². The molecule has 140 valence electrons. The zero-order chi connectivity index (χ0) is 18.4. The quantitative estimate of drug-likeness (QED) is 0.598. The molecule has 1 aliphatic rings. The van der Waals surface area contributed by atoms with E-state index in [0.717, 1.165) is 31.2 Å². The molecule has 0 aromatic heterocycles. The second kappa shape index (κ2) is 8.86. The zero-order valence-corrected chi connectivity index (χ0v) is 16.5. The highest BCUT2D eigenvalue weighted by Gasteiger charge is 2.25. The van der Waals surface area contributed by atoms with Gasteiger partial charge in [0.05, 0.1) is 0 Å². The number of hydrogen-bond donors (Lipinski definition) is 2. The predicted molar refractivity (Wildman–Crippen MR) is 104 cm³/mol. The molecule has 1 aliphatic heterocycles. The molecular formula is C19H30ClFN4. The summed E-state index contributed by atoms with van der Waals surface area (Å²) in [5.74, 6) is 1.15. The molecule has 0 saturated carbocycles. The second-order valence-electron chi connectivity index (χ2n) is 7.36. The monoisotopic (exact) mass is 368 g/mol. The van der Waals surface area contributed by atoms with E-state index in [1.54, 1.807) is 13.1 Å². The number of nitrogens with one attached hydrogen (secondary N) is 2. The summed E-state index contributed by atoms with van der Waals surface area (Å²) in [5, 5.41) is 7.25. The second-order valence-corrected chi connectivity index (χ2v) is 7.77. The number of aliphatic imine (C=N–C) groups is 1. The Kier molecular flexibility index (Phi) is 7.08. The number of hydrogen-bond acceptors (Lipinski definition) is 2. The first-order chi connectivity index (χ1) is 11.9. The molecule has 1 atom stereocenters. The molecule has 1 unspecified atom stereocenters. The molecule has 1 aromatic carbocycles. The van der Waals surface area contributed by atoms with Crippen molar-refractivity contribution >= 4 is 17.6 Å². The molecule has 1 heterocycles. The maximum Gasteiger partial charge on any atom is 0.191 e. The summed E-state index contributed by atoms with van der Waals surface area (Å²) in [7, 11) is 1.78. The van der Waals surface area contributed by atoms with Crippen molar-refractivity contribution in [1.82, 2.24) is 15.5 Å². The normalized spacial score (nSPS) is 19.3. The molecule has 1 fully saturated rings. The maximum absolute atomic E-state index is 13.3. The summed E-state index contributed by atoms with van der Waals surface area (Å²) in [6, 6.07) is 4.58. The highest BCUT2D eigenvalue weighted by Crippen LogP contribution is 2.29. The predicted octanol–water partition coefficient (Wildman–Crippen LogP) is 3.26. The van der Waals surface area contributed by atoms with E-state index < -0.39 is 0 Å². The van der Waals surface area contributed by atoms with Gasteiger partial charge in [-0.3, -0.25) is 4.99 Å². The molecule has 1 saturated heterocycles. The van der Waals surface area contributed by atoms with Gasteiger partial charge in [0.1, 0.15) is 5.82 Å². The highest BCUT2D eigenvalue weighted by molar-refractivity contribution is 6.31. The molecule has 0 aliphatic carbocycles. The van der Waals surface area contributed by atoms with Crippen molar-refractivity contribution in [2.24, 2.45) is 10.9 Å². The Bertz CT molecular complexity index is 603. The number of nitrogens with zero attached hydrogens (tertiary/aromatic N) is 2. The van der Waals surface area contributed by atoms with Gasteiger partial charge in [-0.2, -0.15) is 0 Å². The van der Waals surface area contributed by atoms with E-state index in [-0.39, 0.29) is 11.2 Å². The van der Waals surface area contributed by atoms with Crippen LogP contribution in [0.1, 0.15) is 32.8 Å². The van der Waals surface area contributed by atoms with Gasteiger partial charge in [0, 0.05) is 37.1 Å².